The van der Waals surface area contributed by atoms with E-state index in [0.29, 0.717) is 48.1 Å². The fourth-order valence-electron chi connectivity index (χ4n) is 5.79. The standard InChI is InChI=1S/C37H40N4O7/c1-24-19-41(25(2)22-42)36(43)30-10-7-11-31(39-37(44)38-27-14-17-32-33(18-27)46-23-45-32)35(30)48-34(24)21-40(3)20-26-12-15-29(16-13-26)47-28-8-5-4-6-9-28/h4-18,24-25,34,42H,19-23H2,1-3H3,(H2,38,39,44)/t24-,25+,34-/m1/s1. The molecule has 0 saturated carbocycles. The number of aliphatic hydroxyl groups excluding tert-OH is 1. The van der Waals surface area contributed by atoms with Gasteiger partial charge in [-0.2, -0.15) is 0 Å². The number of ether oxygens (including phenoxy) is 4. The third kappa shape index (κ3) is 7.64. The third-order valence-electron chi connectivity index (χ3n) is 8.42. The molecule has 3 amide bonds. The summed E-state index contributed by atoms with van der Waals surface area (Å²) in [5.41, 5.74) is 2.28. The number of carbonyl (C=O) groups excluding carboxylic acids is 2. The lowest BCUT2D eigenvalue weighted by molar-refractivity contribution is 0.0343. The number of para-hydroxylation sites is 2. The predicted molar refractivity (Wildman–Crippen MR) is 182 cm³/mol. The minimum Gasteiger partial charge on any atom is -0.486 e. The predicted octanol–water partition coefficient (Wildman–Crippen LogP) is 6.20. The number of hydrogen-bond donors (Lipinski definition) is 3. The van der Waals surface area contributed by atoms with E-state index in [0.717, 1.165) is 17.1 Å². The summed E-state index contributed by atoms with van der Waals surface area (Å²) in [5, 5.41) is 15.7. The number of anilines is 2. The Balaban J connectivity index is 1.19. The van der Waals surface area contributed by atoms with E-state index in [1.54, 1.807) is 41.3 Å². The van der Waals surface area contributed by atoms with E-state index in [1.807, 2.05) is 75.5 Å². The number of likely N-dealkylation sites (N-methyl/N-ethyl adjacent to an activating group) is 1. The van der Waals surface area contributed by atoms with Crippen LogP contribution in [0, 0.1) is 5.92 Å². The van der Waals surface area contributed by atoms with Crippen LogP contribution < -0.4 is 29.6 Å². The van der Waals surface area contributed by atoms with Crippen LogP contribution in [0.15, 0.2) is 91.0 Å². The summed E-state index contributed by atoms with van der Waals surface area (Å²) in [6.07, 6.45) is -0.351. The van der Waals surface area contributed by atoms with Gasteiger partial charge in [0, 0.05) is 37.3 Å². The zero-order valence-electron chi connectivity index (χ0n) is 27.2. The fourth-order valence-corrected chi connectivity index (χ4v) is 5.79. The topological polar surface area (TPSA) is 122 Å². The molecule has 2 heterocycles. The summed E-state index contributed by atoms with van der Waals surface area (Å²) in [4.78, 5) is 30.9. The molecule has 3 atom stereocenters. The van der Waals surface area contributed by atoms with E-state index in [1.165, 1.54) is 0 Å². The SMILES string of the molecule is C[C@@H]1CN([C@@H](C)CO)C(=O)c2cccc(NC(=O)Nc3ccc4c(c3)OCO4)c2O[C@@H]1CN(C)Cc1ccc(Oc2ccccc2)cc1. The molecule has 0 fully saturated rings. The quantitative estimate of drug-likeness (QED) is 0.185. The van der Waals surface area contributed by atoms with E-state index < -0.39 is 12.1 Å². The van der Waals surface area contributed by atoms with Crippen LogP contribution in [0.3, 0.4) is 0 Å². The smallest absolute Gasteiger partial charge is 0.323 e. The van der Waals surface area contributed by atoms with Gasteiger partial charge in [0.15, 0.2) is 17.2 Å². The number of urea groups is 1. The molecule has 0 aromatic heterocycles. The first-order valence-electron chi connectivity index (χ1n) is 16.0. The highest BCUT2D eigenvalue weighted by molar-refractivity contribution is 6.04. The summed E-state index contributed by atoms with van der Waals surface area (Å²) in [6, 6.07) is 26.9. The highest BCUT2D eigenvalue weighted by atomic mass is 16.7. The van der Waals surface area contributed by atoms with Crippen LogP contribution in [-0.2, 0) is 6.54 Å². The van der Waals surface area contributed by atoms with Gasteiger partial charge in [0.05, 0.1) is 23.9 Å². The summed E-state index contributed by atoms with van der Waals surface area (Å²) in [7, 11) is 2.02. The highest BCUT2D eigenvalue weighted by Gasteiger charge is 2.34. The molecule has 0 unspecified atom stereocenters. The summed E-state index contributed by atoms with van der Waals surface area (Å²) >= 11 is 0. The van der Waals surface area contributed by atoms with Crippen molar-refractivity contribution in [1.29, 1.82) is 0 Å². The van der Waals surface area contributed by atoms with Crippen molar-refractivity contribution >= 4 is 23.3 Å². The molecular formula is C37H40N4O7. The Bertz CT molecular complexity index is 1730. The molecule has 0 aliphatic carbocycles. The first-order valence-corrected chi connectivity index (χ1v) is 16.0. The Morgan fingerprint density at radius 3 is 2.50 bits per heavy atom. The Labute approximate surface area is 280 Å². The van der Waals surface area contributed by atoms with Crippen LogP contribution in [0.5, 0.6) is 28.7 Å². The number of benzene rings is 4. The first kappa shape index (κ1) is 32.7. The molecule has 2 aliphatic rings. The number of aliphatic hydroxyl groups is 1. The normalized spacial score (nSPS) is 17.5. The number of nitrogens with zero attached hydrogens (tertiary/aromatic N) is 2. The summed E-state index contributed by atoms with van der Waals surface area (Å²) in [6.45, 7) is 5.38. The third-order valence-corrected chi connectivity index (χ3v) is 8.42. The molecular weight excluding hydrogens is 612 g/mol. The highest BCUT2D eigenvalue weighted by Crippen LogP contribution is 2.36. The molecule has 2 aliphatic heterocycles. The molecule has 0 spiro atoms. The van der Waals surface area contributed by atoms with Gasteiger partial charge in [-0.25, -0.2) is 4.79 Å². The number of fused-ring (bicyclic) bond motifs is 2. The van der Waals surface area contributed by atoms with Crippen molar-refractivity contribution in [2.75, 3.05) is 44.2 Å². The van der Waals surface area contributed by atoms with Gasteiger partial charge >= 0.3 is 6.03 Å². The average Bonchev–Trinajstić information content (AvgIpc) is 3.56. The molecule has 250 valence electrons. The Morgan fingerprint density at radius 2 is 1.73 bits per heavy atom. The molecule has 0 saturated heterocycles. The summed E-state index contributed by atoms with van der Waals surface area (Å²) < 4.78 is 23.4. The molecule has 11 nitrogen and oxygen atoms in total. The maximum atomic E-state index is 13.8. The summed E-state index contributed by atoms with van der Waals surface area (Å²) in [5.74, 6) is 2.59. The molecule has 0 radical (unpaired) electrons. The van der Waals surface area contributed by atoms with Gasteiger partial charge in [-0.3, -0.25) is 9.69 Å². The van der Waals surface area contributed by atoms with Crippen molar-refractivity contribution in [3.8, 4) is 28.7 Å². The lowest BCUT2D eigenvalue weighted by Gasteiger charge is -2.38. The molecule has 4 aromatic carbocycles. The number of carbonyl (C=O) groups is 2. The van der Waals surface area contributed by atoms with Crippen LogP contribution in [-0.4, -0.2) is 72.5 Å². The minimum absolute atomic E-state index is 0.101. The monoisotopic (exact) mass is 652 g/mol. The zero-order valence-corrected chi connectivity index (χ0v) is 27.2. The second-order valence-corrected chi connectivity index (χ2v) is 12.2. The molecule has 4 aromatic rings. The minimum atomic E-state index is -0.512. The van der Waals surface area contributed by atoms with Gasteiger partial charge in [0.2, 0.25) is 6.79 Å². The lowest BCUT2D eigenvalue weighted by atomic mass is 9.99. The van der Waals surface area contributed by atoms with E-state index >= 15 is 0 Å². The molecule has 11 heteroatoms. The Morgan fingerprint density at radius 1 is 0.979 bits per heavy atom. The molecule has 3 N–H and O–H groups in total. The number of nitrogens with one attached hydrogen (secondary N) is 2. The van der Waals surface area contributed by atoms with Crippen molar-refractivity contribution in [2.24, 2.45) is 5.92 Å². The second-order valence-electron chi connectivity index (χ2n) is 12.2. The Kier molecular flexibility index (Phi) is 9.98. The van der Waals surface area contributed by atoms with Gasteiger partial charge in [0.1, 0.15) is 17.6 Å². The van der Waals surface area contributed by atoms with Gasteiger partial charge in [-0.1, -0.05) is 43.3 Å². The van der Waals surface area contributed by atoms with Crippen LogP contribution in [0.1, 0.15) is 29.8 Å². The molecule has 0 bridgehead atoms. The lowest BCUT2D eigenvalue weighted by Crippen LogP contribution is -2.49. The van der Waals surface area contributed by atoms with Crippen LogP contribution in [0.4, 0.5) is 16.2 Å². The maximum Gasteiger partial charge on any atom is 0.323 e. The van der Waals surface area contributed by atoms with Crippen molar-refractivity contribution < 1.29 is 33.6 Å². The number of hydrogen-bond acceptors (Lipinski definition) is 8. The van der Waals surface area contributed by atoms with E-state index in [9.17, 15) is 14.7 Å². The van der Waals surface area contributed by atoms with Crippen LogP contribution in [0.25, 0.3) is 0 Å². The van der Waals surface area contributed by atoms with Crippen molar-refractivity contribution in [3.05, 3.63) is 102 Å². The Hall–Kier alpha value is -5.26. The number of amides is 3. The van der Waals surface area contributed by atoms with Crippen molar-refractivity contribution in [2.45, 2.75) is 32.5 Å². The molecule has 6 rings (SSSR count). The van der Waals surface area contributed by atoms with Crippen molar-refractivity contribution in [1.82, 2.24) is 9.80 Å². The first-order chi connectivity index (χ1) is 23.3. The van der Waals surface area contributed by atoms with E-state index in [4.69, 9.17) is 18.9 Å². The van der Waals surface area contributed by atoms with Gasteiger partial charge in [-0.05, 0) is 68.1 Å². The van der Waals surface area contributed by atoms with Crippen molar-refractivity contribution in [3.63, 3.8) is 0 Å². The zero-order chi connectivity index (χ0) is 33.6. The maximum absolute atomic E-state index is 13.8. The van der Waals surface area contributed by atoms with Crippen LogP contribution >= 0.6 is 0 Å². The fraction of sp³-hybridized carbons (Fsp3) is 0.297. The van der Waals surface area contributed by atoms with Crippen LogP contribution in [0.2, 0.25) is 0 Å². The largest absolute Gasteiger partial charge is 0.486 e. The van der Waals surface area contributed by atoms with E-state index in [2.05, 4.69) is 15.5 Å². The van der Waals surface area contributed by atoms with Gasteiger partial charge in [-0.15, -0.1) is 0 Å². The van der Waals surface area contributed by atoms with Gasteiger partial charge < -0.3 is 39.6 Å². The number of rotatable bonds is 10. The van der Waals surface area contributed by atoms with Gasteiger partial charge in [0.25, 0.3) is 5.91 Å². The molecule has 48 heavy (non-hydrogen) atoms. The average molecular weight is 653 g/mol. The van der Waals surface area contributed by atoms with E-state index in [-0.39, 0.29) is 37.1 Å². The second kappa shape index (κ2) is 14.7.